The summed E-state index contributed by atoms with van der Waals surface area (Å²) in [6.07, 6.45) is 0.400. The lowest BCUT2D eigenvalue weighted by Crippen LogP contribution is -2.51. The number of nitrogens with zero attached hydrogens (tertiary/aromatic N) is 2. The molecule has 50 heavy (non-hydrogen) atoms. The van der Waals surface area contributed by atoms with Gasteiger partial charge in [0.25, 0.3) is 5.24 Å². The van der Waals surface area contributed by atoms with E-state index in [4.69, 9.17) is 21.1 Å². The summed E-state index contributed by atoms with van der Waals surface area (Å²) in [6, 6.07) is 45.4. The van der Waals surface area contributed by atoms with Crippen molar-refractivity contribution < 1.29 is 19.1 Å². The van der Waals surface area contributed by atoms with Crippen LogP contribution in [0, 0.1) is 0 Å². The molecular weight excluding hydrogens is 664 g/mol. The molecule has 0 saturated carbocycles. The van der Waals surface area contributed by atoms with Crippen molar-refractivity contribution >= 4 is 34.5 Å². The molecule has 3 atom stereocenters. The minimum absolute atomic E-state index is 0.0265. The third-order valence-electron chi connectivity index (χ3n) is 9.61. The van der Waals surface area contributed by atoms with Crippen molar-refractivity contribution in [3.05, 3.63) is 172 Å². The van der Waals surface area contributed by atoms with Crippen LogP contribution in [0.25, 0.3) is 0 Å². The number of imide groups is 1. The summed E-state index contributed by atoms with van der Waals surface area (Å²) >= 11 is 7.33. The topological polar surface area (TPSA) is 59.1 Å². The third kappa shape index (κ3) is 6.96. The van der Waals surface area contributed by atoms with Gasteiger partial charge in [-0.3, -0.25) is 19.4 Å². The molecule has 0 spiro atoms. The molecule has 2 amide bonds. The van der Waals surface area contributed by atoms with E-state index in [9.17, 15) is 9.59 Å². The van der Waals surface area contributed by atoms with Gasteiger partial charge in [-0.15, -0.1) is 0 Å². The Morgan fingerprint density at radius 1 is 0.820 bits per heavy atom. The number of benzene rings is 5. The fourth-order valence-electron chi connectivity index (χ4n) is 7.05. The summed E-state index contributed by atoms with van der Waals surface area (Å²) in [4.78, 5) is 32.4. The Morgan fingerprint density at radius 3 is 2.00 bits per heavy atom. The van der Waals surface area contributed by atoms with Gasteiger partial charge < -0.3 is 9.47 Å². The van der Waals surface area contributed by atoms with Crippen LogP contribution in [0.5, 0.6) is 5.75 Å². The molecule has 2 aliphatic rings. The van der Waals surface area contributed by atoms with E-state index >= 15 is 0 Å². The molecule has 2 heterocycles. The van der Waals surface area contributed by atoms with Crippen molar-refractivity contribution in [3.63, 3.8) is 0 Å². The highest BCUT2D eigenvalue weighted by atomic mass is 35.5. The molecule has 8 heteroatoms. The average molecular weight is 703 g/mol. The molecular formula is C42H39ClN2O4S. The molecule has 5 aromatic rings. The zero-order valence-electron chi connectivity index (χ0n) is 27.9. The first kappa shape index (κ1) is 34.1. The smallest absolute Gasteiger partial charge is 0.290 e. The van der Waals surface area contributed by atoms with Gasteiger partial charge in [0.15, 0.2) is 0 Å². The maximum absolute atomic E-state index is 14.5. The molecule has 0 radical (unpaired) electrons. The number of thioether (sulfide) groups is 1. The van der Waals surface area contributed by atoms with E-state index in [1.54, 1.807) is 0 Å². The van der Waals surface area contributed by atoms with E-state index < -0.39 is 10.8 Å². The normalized spacial score (nSPS) is 19.0. The van der Waals surface area contributed by atoms with Crippen molar-refractivity contribution in [1.29, 1.82) is 0 Å². The summed E-state index contributed by atoms with van der Waals surface area (Å²) in [5.74, 6) is 0.562. The molecule has 0 bridgehead atoms. The second-order valence-corrected chi connectivity index (χ2v) is 14.4. The Balaban J connectivity index is 1.05. The number of hydrogen-bond donors (Lipinski definition) is 0. The Hall–Kier alpha value is -4.40. The first-order valence-electron chi connectivity index (χ1n) is 17.0. The second kappa shape index (κ2) is 15.2. The SMILES string of the molecule is CC(COc1ccc(CC2SC(=O)N(C(c3ccccc3)(c3ccccc3)c3ccccc3)C2=O)cc1)N1CCOC(c2cccc(Cl)c2)C1. The van der Waals surface area contributed by atoms with Crippen LogP contribution in [0.1, 0.15) is 40.8 Å². The van der Waals surface area contributed by atoms with Gasteiger partial charge in [0.1, 0.15) is 17.9 Å². The minimum atomic E-state index is -1.12. The summed E-state index contributed by atoms with van der Waals surface area (Å²) in [5, 5.41) is -0.104. The van der Waals surface area contributed by atoms with Crippen LogP contribution in [0.3, 0.4) is 0 Å². The number of ether oxygens (including phenoxy) is 2. The van der Waals surface area contributed by atoms with Gasteiger partial charge in [-0.2, -0.15) is 0 Å². The first-order chi connectivity index (χ1) is 24.4. The van der Waals surface area contributed by atoms with E-state index in [-0.39, 0.29) is 23.3 Å². The van der Waals surface area contributed by atoms with Gasteiger partial charge in [-0.25, -0.2) is 0 Å². The van der Waals surface area contributed by atoms with E-state index in [0.29, 0.717) is 24.7 Å². The number of halogens is 1. The summed E-state index contributed by atoms with van der Waals surface area (Å²) in [7, 11) is 0. The van der Waals surface area contributed by atoms with E-state index in [0.717, 1.165) is 58.4 Å². The van der Waals surface area contributed by atoms with E-state index in [1.807, 2.05) is 133 Å². The molecule has 5 aromatic carbocycles. The zero-order valence-corrected chi connectivity index (χ0v) is 29.4. The molecule has 0 N–H and O–H groups in total. The van der Waals surface area contributed by atoms with Crippen LogP contribution >= 0.6 is 23.4 Å². The highest BCUT2D eigenvalue weighted by molar-refractivity contribution is 8.15. The molecule has 7 rings (SSSR count). The lowest BCUT2D eigenvalue weighted by molar-refractivity contribution is -0.129. The third-order valence-corrected chi connectivity index (χ3v) is 10.9. The van der Waals surface area contributed by atoms with Gasteiger partial charge in [-0.1, -0.05) is 139 Å². The molecule has 2 aliphatic heterocycles. The van der Waals surface area contributed by atoms with Crippen molar-refractivity contribution in [2.75, 3.05) is 26.3 Å². The quantitative estimate of drug-likeness (QED) is 0.128. The Labute approximate surface area is 303 Å². The second-order valence-electron chi connectivity index (χ2n) is 12.8. The highest BCUT2D eigenvalue weighted by Gasteiger charge is 2.54. The van der Waals surface area contributed by atoms with Crippen LogP contribution in [0.15, 0.2) is 140 Å². The number of rotatable bonds is 11. The summed E-state index contributed by atoms with van der Waals surface area (Å²) in [6.45, 7) is 4.96. The van der Waals surface area contributed by atoms with Crippen LogP contribution < -0.4 is 4.74 Å². The molecule has 6 nitrogen and oxygen atoms in total. The fraction of sp³-hybridized carbons (Fsp3) is 0.238. The van der Waals surface area contributed by atoms with Gasteiger partial charge >= 0.3 is 0 Å². The number of amides is 2. The van der Waals surface area contributed by atoms with Gasteiger partial charge in [0, 0.05) is 24.2 Å². The number of hydrogen-bond acceptors (Lipinski definition) is 6. The predicted molar refractivity (Wildman–Crippen MR) is 200 cm³/mol. The fourth-order valence-corrected chi connectivity index (χ4v) is 8.31. The van der Waals surface area contributed by atoms with Crippen LogP contribution in [-0.4, -0.2) is 58.5 Å². The lowest BCUT2D eigenvalue weighted by Gasteiger charge is -2.42. The van der Waals surface area contributed by atoms with Crippen molar-refractivity contribution in [2.45, 2.75) is 36.3 Å². The van der Waals surface area contributed by atoms with E-state index in [1.165, 1.54) is 4.90 Å². The van der Waals surface area contributed by atoms with E-state index in [2.05, 4.69) is 17.9 Å². The monoisotopic (exact) mass is 702 g/mol. The zero-order chi connectivity index (χ0) is 34.5. The highest BCUT2D eigenvalue weighted by Crippen LogP contribution is 2.48. The number of carbonyl (C=O) groups excluding carboxylic acids is 2. The first-order valence-corrected chi connectivity index (χ1v) is 18.2. The minimum Gasteiger partial charge on any atom is -0.492 e. The van der Waals surface area contributed by atoms with Gasteiger partial charge in [0.05, 0.1) is 18.0 Å². The van der Waals surface area contributed by atoms with Gasteiger partial charge in [0.2, 0.25) is 5.91 Å². The Kier molecular flexibility index (Phi) is 10.4. The van der Waals surface area contributed by atoms with Crippen LogP contribution in [0.4, 0.5) is 4.79 Å². The van der Waals surface area contributed by atoms with Crippen LogP contribution in [0.2, 0.25) is 5.02 Å². The maximum Gasteiger partial charge on any atom is 0.290 e. The summed E-state index contributed by atoms with van der Waals surface area (Å²) in [5.41, 5.74) is 3.49. The number of carbonyl (C=O) groups is 2. The predicted octanol–water partition coefficient (Wildman–Crippen LogP) is 8.78. The average Bonchev–Trinajstić information content (AvgIpc) is 3.44. The maximum atomic E-state index is 14.5. The Bertz CT molecular complexity index is 1810. The standard InChI is InChI=1S/C42H39ClN2O4S/c1-30(44-24-25-48-38(28-44)32-12-11-19-36(43)27-32)29-49-37-22-20-31(21-23-37)26-39-40(46)45(41(47)50-39)42(33-13-5-2-6-14-33,34-15-7-3-8-16-34)35-17-9-4-10-18-35/h2-23,27,30,38-39H,24-26,28-29H2,1H3. The summed E-state index contributed by atoms with van der Waals surface area (Å²) < 4.78 is 12.3. The molecule has 254 valence electrons. The molecule has 0 aromatic heterocycles. The molecule has 0 aliphatic carbocycles. The molecule has 3 unspecified atom stereocenters. The van der Waals surface area contributed by atoms with Crippen molar-refractivity contribution in [3.8, 4) is 5.75 Å². The van der Waals surface area contributed by atoms with Gasteiger partial charge in [-0.05, 0) is 65.4 Å². The largest absolute Gasteiger partial charge is 0.492 e. The van der Waals surface area contributed by atoms with Crippen molar-refractivity contribution in [2.24, 2.45) is 0 Å². The lowest BCUT2D eigenvalue weighted by atomic mass is 9.75. The van der Waals surface area contributed by atoms with Crippen LogP contribution in [-0.2, 0) is 21.5 Å². The number of morpholine rings is 1. The Morgan fingerprint density at radius 2 is 1.42 bits per heavy atom. The molecule has 2 saturated heterocycles. The van der Waals surface area contributed by atoms with Crippen molar-refractivity contribution in [1.82, 2.24) is 9.80 Å². The molecule has 2 fully saturated rings.